The fourth-order valence-corrected chi connectivity index (χ4v) is 7.76. The highest BCUT2D eigenvalue weighted by molar-refractivity contribution is 6.33. The lowest BCUT2D eigenvalue weighted by Gasteiger charge is -2.27. The summed E-state index contributed by atoms with van der Waals surface area (Å²) in [5, 5.41) is 26.1. The summed E-state index contributed by atoms with van der Waals surface area (Å²) < 4.78 is 15.0. The lowest BCUT2D eigenvalue weighted by atomic mass is 9.99. The molecule has 17 nitrogen and oxygen atoms in total. The number of halogens is 1. The van der Waals surface area contributed by atoms with Crippen LogP contribution in [0.5, 0.6) is 0 Å². The van der Waals surface area contributed by atoms with Crippen LogP contribution in [-0.2, 0) is 32.2 Å². The summed E-state index contributed by atoms with van der Waals surface area (Å²) in [7, 11) is 0. The number of carbonyl (C=O) groups is 4. The molecule has 4 aromatic rings. The van der Waals surface area contributed by atoms with Crippen molar-refractivity contribution in [3.63, 3.8) is 0 Å². The molecule has 1 aromatic carbocycles. The Morgan fingerprint density at radius 1 is 0.964 bits per heavy atom. The van der Waals surface area contributed by atoms with E-state index in [-0.39, 0.29) is 24.0 Å². The molecular formula is C38H48ClN11O6. The lowest BCUT2D eigenvalue weighted by molar-refractivity contribution is -0.136. The zero-order chi connectivity index (χ0) is 39.2. The number of nitrogens with one attached hydrogen (secondary N) is 4. The number of hydrogen-bond acceptors (Lipinski definition) is 13. The van der Waals surface area contributed by atoms with E-state index in [1.807, 2.05) is 10.7 Å². The highest BCUT2D eigenvalue weighted by Gasteiger charge is 2.44. The van der Waals surface area contributed by atoms with Crippen LogP contribution in [0.4, 0.5) is 11.5 Å². The van der Waals surface area contributed by atoms with Gasteiger partial charge in [-0.05, 0) is 56.7 Å². The number of hydrogen-bond donors (Lipinski definition) is 4. The smallest absolute Gasteiger partial charge is 0.262 e. The molecule has 1 saturated carbocycles. The first-order valence-corrected chi connectivity index (χ1v) is 19.8. The fraction of sp³-hybridized carbons (Fsp3) is 0.526. The van der Waals surface area contributed by atoms with Gasteiger partial charge in [0.1, 0.15) is 22.6 Å². The van der Waals surface area contributed by atoms with E-state index < -0.39 is 29.7 Å². The summed E-state index contributed by atoms with van der Waals surface area (Å²) in [5.41, 5.74) is 3.47. The number of nitrogens with zero attached hydrogens (tertiary/aromatic N) is 7. The van der Waals surface area contributed by atoms with Crippen LogP contribution in [0.15, 0.2) is 36.7 Å². The summed E-state index contributed by atoms with van der Waals surface area (Å²) in [6.07, 6.45) is 8.83. The van der Waals surface area contributed by atoms with E-state index >= 15 is 0 Å². The molecule has 298 valence electrons. The van der Waals surface area contributed by atoms with E-state index in [0.717, 1.165) is 55.1 Å². The highest BCUT2D eigenvalue weighted by atomic mass is 35.5. The second-order valence-electron chi connectivity index (χ2n) is 14.4. The van der Waals surface area contributed by atoms with Crippen LogP contribution in [0.25, 0.3) is 5.65 Å². The Morgan fingerprint density at radius 3 is 2.55 bits per heavy atom. The first-order chi connectivity index (χ1) is 27.2. The summed E-state index contributed by atoms with van der Waals surface area (Å²) in [4.78, 5) is 55.7. The Balaban J connectivity index is 0.759. The van der Waals surface area contributed by atoms with Crippen molar-refractivity contribution in [2.75, 3.05) is 43.6 Å². The van der Waals surface area contributed by atoms with Gasteiger partial charge < -0.3 is 25.4 Å². The average Bonchev–Trinajstić information content (AvgIpc) is 3.98. The number of benzene rings is 1. The molecule has 4 amide bonds. The standard InChI is InChI=1S/C38H48ClN11O6/c1-3-23(4-2)31-19-33(50-35(44-31)30(39)21-42-50)43-26-6-5-24(17-26)40-11-13-55-15-16-56-14-12-48-22-27(46-47-48)20-41-25-7-8-28-29(18-25)38(54)49(37(28)53)32-9-10-34(51)45-36(32)52/h7-8,18-19,21-24,26,32,40-41,43H,3-6,9-17,20H2,1-2H3,(H,45,51,52)/t24-,26-,32?/m0/s1. The molecule has 1 aliphatic carbocycles. The molecule has 4 N–H and O–H groups in total. The molecule has 0 radical (unpaired) electrons. The van der Waals surface area contributed by atoms with E-state index in [1.165, 1.54) is 0 Å². The Bertz CT molecular complexity index is 2070. The Hall–Kier alpha value is -4.97. The van der Waals surface area contributed by atoms with Gasteiger partial charge in [-0.3, -0.25) is 29.4 Å². The van der Waals surface area contributed by atoms with Crippen molar-refractivity contribution in [3.05, 3.63) is 64.2 Å². The van der Waals surface area contributed by atoms with E-state index in [0.29, 0.717) is 79.6 Å². The number of rotatable bonds is 19. The third kappa shape index (κ3) is 8.85. The molecule has 56 heavy (non-hydrogen) atoms. The molecule has 7 rings (SSSR count). The zero-order valence-electron chi connectivity index (χ0n) is 31.6. The minimum atomic E-state index is -1.01. The molecule has 1 saturated heterocycles. The van der Waals surface area contributed by atoms with Crippen molar-refractivity contribution in [1.29, 1.82) is 0 Å². The van der Waals surface area contributed by atoms with E-state index in [9.17, 15) is 19.2 Å². The molecule has 18 heteroatoms. The fourth-order valence-electron chi connectivity index (χ4n) is 7.60. The van der Waals surface area contributed by atoms with Gasteiger partial charge in [0.05, 0.1) is 63.0 Å². The number of piperidine rings is 1. The van der Waals surface area contributed by atoms with Gasteiger partial charge in [0.25, 0.3) is 11.8 Å². The molecule has 3 atom stereocenters. The van der Waals surface area contributed by atoms with Crippen molar-refractivity contribution in [1.82, 2.24) is 45.1 Å². The first-order valence-electron chi connectivity index (χ1n) is 19.4. The van der Waals surface area contributed by atoms with E-state index in [4.69, 9.17) is 26.1 Å². The monoisotopic (exact) mass is 789 g/mol. The summed E-state index contributed by atoms with van der Waals surface area (Å²) in [6.45, 7) is 8.01. The van der Waals surface area contributed by atoms with Crippen LogP contribution in [0.2, 0.25) is 5.02 Å². The third-order valence-corrected chi connectivity index (χ3v) is 10.9. The molecule has 0 bridgehead atoms. The van der Waals surface area contributed by atoms with Crippen molar-refractivity contribution < 1.29 is 28.7 Å². The Labute approximate surface area is 329 Å². The van der Waals surface area contributed by atoms with Crippen molar-refractivity contribution in [2.45, 2.75) is 95.9 Å². The number of imide groups is 2. The summed E-state index contributed by atoms with van der Waals surface area (Å²) in [6, 6.07) is 6.71. The molecular weight excluding hydrogens is 742 g/mol. The quantitative estimate of drug-likeness (QED) is 0.0796. The van der Waals surface area contributed by atoms with Crippen LogP contribution >= 0.6 is 11.6 Å². The maximum Gasteiger partial charge on any atom is 0.262 e. The average molecular weight is 790 g/mol. The number of ether oxygens (including phenoxy) is 2. The van der Waals surface area contributed by atoms with E-state index in [2.05, 4.69) is 56.6 Å². The topological polar surface area (TPSA) is 199 Å². The SMILES string of the molecule is CCC(CC)c1cc(N[C@H]2CC[C@H](NCCOCCOCCn3cc(CNc4ccc5c(c4)C(=O)N(C4CCC(=O)NC4=O)C5=O)nn3)C2)n2ncc(Cl)c2n1. The number of carbonyl (C=O) groups excluding carboxylic acids is 4. The summed E-state index contributed by atoms with van der Waals surface area (Å²) >= 11 is 6.42. The predicted molar refractivity (Wildman–Crippen MR) is 206 cm³/mol. The van der Waals surface area contributed by atoms with Crippen LogP contribution < -0.4 is 21.3 Å². The maximum absolute atomic E-state index is 13.1. The van der Waals surface area contributed by atoms with Crippen molar-refractivity contribution in [2.24, 2.45) is 0 Å². The molecule has 2 fully saturated rings. The minimum absolute atomic E-state index is 0.0686. The number of anilines is 2. The normalized spacial score (nSPS) is 19.7. The lowest BCUT2D eigenvalue weighted by Crippen LogP contribution is -2.54. The second kappa shape index (κ2) is 17.9. The molecule has 3 aromatic heterocycles. The van der Waals surface area contributed by atoms with Crippen LogP contribution in [0.1, 0.15) is 96.8 Å². The first kappa shape index (κ1) is 39.3. The van der Waals surface area contributed by atoms with Crippen LogP contribution in [0.3, 0.4) is 0 Å². The van der Waals surface area contributed by atoms with Crippen LogP contribution in [0, 0.1) is 0 Å². The van der Waals surface area contributed by atoms with Gasteiger partial charge in [0.15, 0.2) is 5.65 Å². The number of amides is 4. The van der Waals surface area contributed by atoms with Crippen LogP contribution in [-0.4, -0.2) is 109 Å². The van der Waals surface area contributed by atoms with Crippen molar-refractivity contribution >= 4 is 52.4 Å². The highest BCUT2D eigenvalue weighted by Crippen LogP contribution is 2.31. The molecule has 2 aliphatic heterocycles. The van der Waals surface area contributed by atoms with Crippen molar-refractivity contribution in [3.8, 4) is 0 Å². The predicted octanol–water partition coefficient (Wildman–Crippen LogP) is 3.55. The zero-order valence-corrected chi connectivity index (χ0v) is 32.4. The van der Waals surface area contributed by atoms with Gasteiger partial charge in [-0.1, -0.05) is 30.7 Å². The number of aromatic nitrogens is 6. The van der Waals surface area contributed by atoms with E-state index in [1.54, 1.807) is 29.1 Å². The molecule has 3 aliphatic rings. The molecule has 0 spiro atoms. The Kier molecular flexibility index (Phi) is 12.5. The van der Waals surface area contributed by atoms with Gasteiger partial charge in [-0.25, -0.2) is 9.67 Å². The second-order valence-corrected chi connectivity index (χ2v) is 14.8. The Morgan fingerprint density at radius 2 is 1.75 bits per heavy atom. The number of fused-ring (bicyclic) bond motifs is 2. The van der Waals surface area contributed by atoms with Gasteiger partial charge in [0.2, 0.25) is 11.8 Å². The summed E-state index contributed by atoms with van der Waals surface area (Å²) in [5.74, 6) is -0.831. The largest absolute Gasteiger partial charge is 0.379 e. The van der Waals surface area contributed by atoms with Gasteiger partial charge in [-0.15, -0.1) is 5.10 Å². The van der Waals surface area contributed by atoms with Gasteiger partial charge >= 0.3 is 0 Å². The minimum Gasteiger partial charge on any atom is -0.379 e. The molecule has 5 heterocycles. The third-order valence-electron chi connectivity index (χ3n) is 10.7. The van der Waals surface area contributed by atoms with Gasteiger partial charge in [-0.2, -0.15) is 9.61 Å². The van der Waals surface area contributed by atoms with Gasteiger partial charge in [0, 0.05) is 48.4 Å². The maximum atomic E-state index is 13.1. The molecule has 1 unspecified atom stereocenters.